The van der Waals surface area contributed by atoms with E-state index in [-0.39, 0.29) is 18.6 Å². The third-order valence-electron chi connectivity index (χ3n) is 2.75. The lowest BCUT2D eigenvalue weighted by Crippen LogP contribution is -2.26. The number of hydrogen-bond acceptors (Lipinski definition) is 2. The van der Waals surface area contributed by atoms with E-state index in [1.54, 1.807) is 18.2 Å². The Labute approximate surface area is 102 Å². The maximum atomic E-state index is 12.6. The smallest absolute Gasteiger partial charge is 0.392 e. The zero-order valence-electron chi connectivity index (χ0n) is 9.48. The van der Waals surface area contributed by atoms with Gasteiger partial charge in [0.1, 0.15) is 5.75 Å². The molecule has 0 radical (unpaired) electrons. The number of nitrogens with zero attached hydrogens (tertiary/aromatic N) is 1. The number of allylic oxidation sites excluding steroid dienone is 2. The summed E-state index contributed by atoms with van der Waals surface area (Å²) >= 11 is 0. The molecule has 0 bridgehead atoms. The van der Waals surface area contributed by atoms with Gasteiger partial charge in [-0.1, -0.05) is 12.1 Å². The molecule has 0 amide bonds. The molecule has 18 heavy (non-hydrogen) atoms. The SMILES string of the molecule is Oc1cccc(N=C2C=CCC(C(F)(F)F)C2)c1. The first-order chi connectivity index (χ1) is 8.45. The van der Waals surface area contributed by atoms with E-state index in [4.69, 9.17) is 0 Å². The lowest BCUT2D eigenvalue weighted by Gasteiger charge is -2.21. The molecule has 1 aromatic carbocycles. The average Bonchev–Trinajstić information content (AvgIpc) is 2.28. The first kappa shape index (κ1) is 12.7. The fraction of sp³-hybridized carbons (Fsp3) is 0.308. The number of benzene rings is 1. The van der Waals surface area contributed by atoms with Gasteiger partial charge < -0.3 is 5.11 Å². The van der Waals surface area contributed by atoms with Gasteiger partial charge >= 0.3 is 6.18 Å². The standard InChI is InChI=1S/C13H12F3NO/c14-13(15,16)9-3-1-4-10(7-9)17-11-5-2-6-12(18)8-11/h1-2,4-6,8-9,18H,3,7H2. The molecule has 1 unspecified atom stereocenters. The minimum Gasteiger partial charge on any atom is -0.508 e. The topological polar surface area (TPSA) is 32.6 Å². The number of phenols is 1. The zero-order chi connectivity index (χ0) is 13.2. The van der Waals surface area contributed by atoms with Crippen LogP contribution in [0.4, 0.5) is 18.9 Å². The van der Waals surface area contributed by atoms with E-state index >= 15 is 0 Å². The van der Waals surface area contributed by atoms with Gasteiger partial charge in [-0.25, -0.2) is 0 Å². The van der Waals surface area contributed by atoms with Crippen molar-refractivity contribution in [3.63, 3.8) is 0 Å². The molecule has 0 fully saturated rings. The van der Waals surface area contributed by atoms with E-state index in [2.05, 4.69) is 4.99 Å². The monoisotopic (exact) mass is 255 g/mol. The second-order valence-electron chi connectivity index (χ2n) is 4.20. The van der Waals surface area contributed by atoms with Crippen LogP contribution in [0, 0.1) is 5.92 Å². The summed E-state index contributed by atoms with van der Waals surface area (Å²) in [7, 11) is 0. The van der Waals surface area contributed by atoms with Gasteiger partial charge in [0.2, 0.25) is 0 Å². The molecular weight excluding hydrogens is 243 g/mol. The Morgan fingerprint density at radius 1 is 1.28 bits per heavy atom. The summed E-state index contributed by atoms with van der Waals surface area (Å²) in [6.45, 7) is 0. The molecule has 1 aliphatic carbocycles. The number of phenolic OH excluding ortho intramolecular Hbond substituents is 1. The van der Waals surface area contributed by atoms with Crippen LogP contribution in [0.15, 0.2) is 41.4 Å². The number of aliphatic imine (C=N–C) groups is 1. The zero-order valence-corrected chi connectivity index (χ0v) is 9.48. The van der Waals surface area contributed by atoms with Crippen molar-refractivity contribution >= 4 is 11.4 Å². The highest BCUT2D eigenvalue weighted by Gasteiger charge is 2.40. The minimum atomic E-state index is -4.19. The van der Waals surface area contributed by atoms with Crippen LogP contribution in [0.3, 0.4) is 0 Å². The van der Waals surface area contributed by atoms with Crippen LogP contribution in [0.5, 0.6) is 5.75 Å². The molecule has 0 saturated heterocycles. The molecule has 0 aliphatic heterocycles. The summed E-state index contributed by atoms with van der Waals surface area (Å²) < 4.78 is 37.8. The molecule has 96 valence electrons. The Morgan fingerprint density at radius 3 is 2.72 bits per heavy atom. The Hall–Kier alpha value is -1.78. The van der Waals surface area contributed by atoms with Crippen molar-refractivity contribution in [2.75, 3.05) is 0 Å². The third kappa shape index (κ3) is 3.12. The molecule has 1 aliphatic rings. The minimum absolute atomic E-state index is 0.00254. The van der Waals surface area contributed by atoms with Crippen molar-refractivity contribution in [2.45, 2.75) is 19.0 Å². The van der Waals surface area contributed by atoms with Crippen LogP contribution < -0.4 is 0 Å². The number of halogens is 3. The van der Waals surface area contributed by atoms with Gasteiger partial charge in [-0.05, 0) is 24.6 Å². The molecule has 0 saturated carbocycles. The van der Waals surface area contributed by atoms with E-state index in [9.17, 15) is 18.3 Å². The van der Waals surface area contributed by atoms with Gasteiger partial charge in [0.25, 0.3) is 0 Å². The molecule has 2 nitrogen and oxygen atoms in total. The summed E-state index contributed by atoms with van der Waals surface area (Å²) in [5.41, 5.74) is 0.839. The van der Waals surface area contributed by atoms with E-state index in [1.807, 2.05) is 0 Å². The molecule has 2 rings (SSSR count). The summed E-state index contributed by atoms with van der Waals surface area (Å²) in [5.74, 6) is -1.32. The highest BCUT2D eigenvalue weighted by molar-refractivity contribution is 5.97. The summed E-state index contributed by atoms with van der Waals surface area (Å²) in [5, 5.41) is 9.26. The van der Waals surface area contributed by atoms with Crippen molar-refractivity contribution in [3.8, 4) is 5.75 Å². The fourth-order valence-corrected chi connectivity index (χ4v) is 1.83. The summed E-state index contributed by atoms with van der Waals surface area (Å²) in [4.78, 5) is 4.11. The number of hydrogen-bond donors (Lipinski definition) is 1. The molecule has 1 atom stereocenters. The van der Waals surface area contributed by atoms with Crippen LogP contribution in [0.25, 0.3) is 0 Å². The quantitative estimate of drug-likeness (QED) is 0.808. The molecule has 1 N–H and O–H groups in total. The summed E-state index contributed by atoms with van der Waals surface area (Å²) in [6, 6.07) is 6.14. The van der Waals surface area contributed by atoms with Crippen molar-refractivity contribution in [1.29, 1.82) is 0 Å². The molecular formula is C13H12F3NO. The first-order valence-corrected chi connectivity index (χ1v) is 5.55. The van der Waals surface area contributed by atoms with Crippen molar-refractivity contribution in [3.05, 3.63) is 36.4 Å². The Balaban J connectivity index is 2.19. The second kappa shape index (κ2) is 4.84. The van der Waals surface area contributed by atoms with E-state index in [0.717, 1.165) is 0 Å². The van der Waals surface area contributed by atoms with E-state index in [0.29, 0.717) is 11.4 Å². The Morgan fingerprint density at radius 2 is 2.06 bits per heavy atom. The summed E-state index contributed by atoms with van der Waals surface area (Å²) in [6.07, 6.45) is -1.21. The molecule has 1 aromatic rings. The van der Waals surface area contributed by atoms with Crippen LogP contribution >= 0.6 is 0 Å². The van der Waals surface area contributed by atoms with Gasteiger partial charge in [-0.2, -0.15) is 13.2 Å². The van der Waals surface area contributed by atoms with Gasteiger partial charge in [0.15, 0.2) is 0 Å². The molecule has 0 heterocycles. The van der Waals surface area contributed by atoms with Crippen LogP contribution in [-0.2, 0) is 0 Å². The van der Waals surface area contributed by atoms with Gasteiger partial charge in [0.05, 0.1) is 11.6 Å². The molecule has 0 spiro atoms. The van der Waals surface area contributed by atoms with Crippen LogP contribution in [0.2, 0.25) is 0 Å². The largest absolute Gasteiger partial charge is 0.508 e. The fourth-order valence-electron chi connectivity index (χ4n) is 1.83. The Bertz CT molecular complexity index is 491. The highest BCUT2D eigenvalue weighted by atomic mass is 19.4. The first-order valence-electron chi connectivity index (χ1n) is 5.55. The van der Waals surface area contributed by atoms with Crippen LogP contribution in [0.1, 0.15) is 12.8 Å². The van der Waals surface area contributed by atoms with Crippen LogP contribution in [-0.4, -0.2) is 17.0 Å². The second-order valence-corrected chi connectivity index (χ2v) is 4.20. The van der Waals surface area contributed by atoms with Crippen molar-refractivity contribution in [2.24, 2.45) is 10.9 Å². The predicted molar refractivity (Wildman–Crippen MR) is 63.1 cm³/mol. The van der Waals surface area contributed by atoms with E-state index < -0.39 is 12.1 Å². The van der Waals surface area contributed by atoms with Crippen molar-refractivity contribution < 1.29 is 18.3 Å². The number of rotatable bonds is 1. The predicted octanol–water partition coefficient (Wildman–Crippen LogP) is 3.99. The molecule has 0 aromatic heterocycles. The Kier molecular flexibility index (Phi) is 3.41. The van der Waals surface area contributed by atoms with Gasteiger partial charge in [-0.15, -0.1) is 0 Å². The van der Waals surface area contributed by atoms with Gasteiger partial charge in [-0.3, -0.25) is 4.99 Å². The average molecular weight is 255 g/mol. The molecule has 5 heteroatoms. The highest BCUT2D eigenvalue weighted by Crippen LogP contribution is 2.34. The lowest BCUT2D eigenvalue weighted by molar-refractivity contribution is -0.171. The number of aromatic hydroxyl groups is 1. The van der Waals surface area contributed by atoms with Crippen molar-refractivity contribution in [1.82, 2.24) is 0 Å². The van der Waals surface area contributed by atoms with E-state index in [1.165, 1.54) is 18.2 Å². The normalized spacial score (nSPS) is 22.4. The maximum absolute atomic E-state index is 12.6. The maximum Gasteiger partial charge on any atom is 0.392 e. The van der Waals surface area contributed by atoms with Gasteiger partial charge in [0, 0.05) is 18.2 Å². The third-order valence-corrected chi connectivity index (χ3v) is 2.75. The number of alkyl halides is 3. The lowest BCUT2D eigenvalue weighted by atomic mass is 9.92.